The minimum absolute atomic E-state index is 0. The van der Waals surface area contributed by atoms with E-state index in [-0.39, 0.29) is 51.4 Å². The molecule has 0 aliphatic heterocycles. The van der Waals surface area contributed by atoms with Crippen LogP contribution in [-0.4, -0.2) is 17.9 Å². The van der Waals surface area contributed by atoms with Gasteiger partial charge in [-0.25, -0.2) is 0 Å². The molecule has 10 heteroatoms. The van der Waals surface area contributed by atoms with Crippen LogP contribution < -0.4 is 60.7 Å². The molecule has 0 aliphatic rings. The largest absolute Gasteiger partial charge is 1.00 e. The predicted octanol–water partition coefficient (Wildman–Crippen LogP) is -3.15. The molecule has 16 heavy (non-hydrogen) atoms. The van der Waals surface area contributed by atoms with Crippen LogP contribution in [0.3, 0.4) is 0 Å². The van der Waals surface area contributed by atoms with Gasteiger partial charge in [0, 0.05) is 6.07 Å². The molecule has 0 saturated heterocycles. The first-order valence-corrected chi connectivity index (χ1v) is 4.78. The van der Waals surface area contributed by atoms with Crippen molar-refractivity contribution >= 4 is 16.1 Å². The van der Waals surface area contributed by atoms with Crippen LogP contribution in [0.5, 0.6) is 11.5 Å². The number of hydrogen-bond acceptors (Lipinski definition) is 6. The maximum atomic E-state index is 10.9. The molecule has 1 aromatic rings. The summed E-state index contributed by atoms with van der Waals surface area (Å²) in [6, 6.07) is 2.26. The quantitative estimate of drug-likeness (QED) is 0.266. The second-order valence-corrected chi connectivity index (χ2v) is 3.42. The van der Waals surface area contributed by atoms with Gasteiger partial charge in [-0.15, -0.1) is 0 Å². The molecule has 0 fully saturated rings. The summed E-state index contributed by atoms with van der Waals surface area (Å²) < 4.78 is 32.6. The van der Waals surface area contributed by atoms with Gasteiger partial charge in [0.15, 0.2) is 0 Å². The normalized spacial score (nSPS) is 10.3. The summed E-state index contributed by atoms with van der Waals surface area (Å²) in [5.74, 6) is -1.72. The second-order valence-electron chi connectivity index (χ2n) is 2.40. The Morgan fingerprint density at radius 3 is 2.38 bits per heavy atom. The molecule has 1 N–H and O–H groups in total. The molecule has 8 nitrogen and oxygen atoms in total. The maximum absolute atomic E-state index is 10.9. The minimum atomic E-state index is -4.86. The first kappa shape index (κ1) is 15.8. The number of benzene rings is 1. The van der Waals surface area contributed by atoms with Gasteiger partial charge in [-0.05, 0) is 0 Å². The van der Waals surface area contributed by atoms with Gasteiger partial charge < -0.3 is 9.29 Å². The van der Waals surface area contributed by atoms with E-state index < -0.39 is 32.5 Å². The SMILES string of the molecule is O=[N+]([O-])c1ccc([O-])c(OS(=O)(=O)O)c1.[K+]. The number of rotatable bonds is 3. The molecule has 0 heterocycles. The Balaban J connectivity index is 0.00000225. The molecular weight excluding hydrogens is 269 g/mol. The number of hydrogen-bond donors (Lipinski definition) is 1. The predicted molar refractivity (Wildman–Crippen MR) is 44.7 cm³/mol. The standard InChI is InChI=1S/C6H5NO7S.K/c8-5-2-1-4(7(9)10)3-6(5)14-15(11,12)13;/h1-3,8H,(H,11,12,13);/q;+1/p-1. The van der Waals surface area contributed by atoms with Crippen molar-refractivity contribution in [2.75, 3.05) is 0 Å². The first-order chi connectivity index (χ1) is 6.79. The Morgan fingerprint density at radius 2 is 1.94 bits per heavy atom. The third-order valence-corrected chi connectivity index (χ3v) is 1.72. The van der Waals surface area contributed by atoms with E-state index in [1.807, 2.05) is 0 Å². The topological polar surface area (TPSA) is 130 Å². The molecule has 0 aliphatic carbocycles. The van der Waals surface area contributed by atoms with E-state index in [1.54, 1.807) is 0 Å². The van der Waals surface area contributed by atoms with E-state index in [4.69, 9.17) is 4.55 Å². The third kappa shape index (κ3) is 4.74. The minimum Gasteiger partial charge on any atom is -0.870 e. The summed E-state index contributed by atoms with van der Waals surface area (Å²) >= 11 is 0. The van der Waals surface area contributed by atoms with Gasteiger partial charge in [0.25, 0.3) is 5.69 Å². The maximum Gasteiger partial charge on any atom is 1.00 e. The molecule has 0 aromatic heterocycles. The van der Waals surface area contributed by atoms with Crippen LogP contribution >= 0.6 is 0 Å². The van der Waals surface area contributed by atoms with Gasteiger partial charge in [-0.2, -0.15) is 8.42 Å². The zero-order valence-electron chi connectivity index (χ0n) is 7.98. The van der Waals surface area contributed by atoms with Gasteiger partial charge in [-0.1, -0.05) is 11.8 Å². The molecule has 0 unspecified atom stereocenters. The third-order valence-electron chi connectivity index (χ3n) is 1.33. The summed E-state index contributed by atoms with van der Waals surface area (Å²) in [6.45, 7) is 0. The molecule has 0 spiro atoms. The Bertz CT molecular complexity index is 500. The molecule has 0 radical (unpaired) electrons. The second kappa shape index (κ2) is 5.91. The Morgan fingerprint density at radius 1 is 1.38 bits per heavy atom. The van der Waals surface area contributed by atoms with E-state index in [2.05, 4.69) is 4.18 Å². The van der Waals surface area contributed by atoms with Crippen molar-refractivity contribution in [3.8, 4) is 11.5 Å². The Kier molecular flexibility index (Phi) is 5.82. The fourth-order valence-electron chi connectivity index (χ4n) is 0.789. The molecule has 0 bridgehead atoms. The summed E-state index contributed by atoms with van der Waals surface area (Å²) in [5, 5.41) is 21.2. The average Bonchev–Trinajstić information content (AvgIpc) is 2.06. The van der Waals surface area contributed by atoms with E-state index in [1.165, 1.54) is 0 Å². The van der Waals surface area contributed by atoms with Crippen LogP contribution in [0.25, 0.3) is 0 Å². The van der Waals surface area contributed by atoms with Crippen molar-refractivity contribution in [2.24, 2.45) is 0 Å². The summed E-state index contributed by atoms with van der Waals surface area (Å²) in [4.78, 5) is 9.43. The van der Waals surface area contributed by atoms with Crippen LogP contribution in [0, 0.1) is 10.1 Å². The van der Waals surface area contributed by atoms with Crippen molar-refractivity contribution in [3.05, 3.63) is 28.3 Å². The Hall–Kier alpha value is -0.234. The number of non-ortho nitro benzene ring substituents is 1. The van der Waals surface area contributed by atoms with Crippen LogP contribution in [0.15, 0.2) is 18.2 Å². The van der Waals surface area contributed by atoms with Crippen molar-refractivity contribution in [2.45, 2.75) is 0 Å². The molecule has 1 rings (SSSR count). The molecule has 0 atom stereocenters. The molecule has 0 saturated carbocycles. The van der Waals surface area contributed by atoms with Crippen molar-refractivity contribution in [1.29, 1.82) is 0 Å². The smallest absolute Gasteiger partial charge is 0.870 e. The molecule has 0 amide bonds. The van der Waals surface area contributed by atoms with E-state index in [0.717, 1.165) is 12.1 Å². The van der Waals surface area contributed by atoms with Gasteiger partial charge in [0.2, 0.25) is 0 Å². The summed E-state index contributed by atoms with van der Waals surface area (Å²) in [6.07, 6.45) is 0. The van der Waals surface area contributed by atoms with Crippen LogP contribution in [0.2, 0.25) is 0 Å². The van der Waals surface area contributed by atoms with Crippen LogP contribution in [0.4, 0.5) is 5.69 Å². The molecule has 82 valence electrons. The fourth-order valence-corrected chi connectivity index (χ4v) is 1.15. The summed E-state index contributed by atoms with van der Waals surface area (Å²) in [5.41, 5.74) is -0.520. The number of nitro groups is 1. The monoisotopic (exact) mass is 273 g/mol. The van der Waals surface area contributed by atoms with Crippen LogP contribution in [0.1, 0.15) is 0 Å². The van der Waals surface area contributed by atoms with Crippen molar-refractivity contribution < 1.29 is 78.6 Å². The molecular formula is C6H4KNO7S. The zero-order valence-corrected chi connectivity index (χ0v) is 11.9. The van der Waals surface area contributed by atoms with E-state index in [9.17, 15) is 23.6 Å². The zero-order chi connectivity index (χ0) is 11.6. The van der Waals surface area contributed by atoms with Gasteiger partial charge in [-0.3, -0.25) is 14.7 Å². The van der Waals surface area contributed by atoms with Crippen molar-refractivity contribution in [3.63, 3.8) is 0 Å². The van der Waals surface area contributed by atoms with Gasteiger partial charge >= 0.3 is 61.8 Å². The number of nitrogens with zero attached hydrogens (tertiary/aromatic N) is 1. The first-order valence-electron chi connectivity index (χ1n) is 3.42. The van der Waals surface area contributed by atoms with Gasteiger partial charge in [0.1, 0.15) is 5.75 Å². The fraction of sp³-hybridized carbons (Fsp3) is 0. The summed E-state index contributed by atoms with van der Waals surface area (Å²) in [7, 11) is -4.86. The van der Waals surface area contributed by atoms with E-state index >= 15 is 0 Å². The molecule has 1 aromatic carbocycles. The van der Waals surface area contributed by atoms with Crippen molar-refractivity contribution in [1.82, 2.24) is 0 Å². The van der Waals surface area contributed by atoms with Crippen LogP contribution in [-0.2, 0) is 10.4 Å². The number of nitro benzene ring substituents is 1. The van der Waals surface area contributed by atoms with Gasteiger partial charge in [0.05, 0.1) is 11.0 Å². The average molecular weight is 273 g/mol. The Labute approximate surface area is 133 Å². The van der Waals surface area contributed by atoms with E-state index in [0.29, 0.717) is 6.07 Å².